The van der Waals surface area contributed by atoms with E-state index in [2.05, 4.69) is 24.5 Å². The highest BCUT2D eigenvalue weighted by atomic mass is 16.3. The fourth-order valence-electron chi connectivity index (χ4n) is 4.10. The maximum Gasteiger partial charge on any atom is 0.319 e. The molecule has 4 rings (SSSR count). The SMILES string of the molecule is CC(C)n1nc(-c2ccccc2)nc1[C@H]1CC[C@@H](O)[C@H](NC(=O)Nc2ccccc2)C1. The molecule has 3 atom stereocenters. The van der Waals surface area contributed by atoms with Crippen molar-refractivity contribution in [1.29, 1.82) is 0 Å². The molecule has 7 nitrogen and oxygen atoms in total. The number of benzene rings is 2. The minimum absolute atomic E-state index is 0.109. The van der Waals surface area contributed by atoms with Crippen LogP contribution in [-0.4, -0.2) is 38.0 Å². The minimum Gasteiger partial charge on any atom is -0.391 e. The molecule has 1 aliphatic rings. The number of amides is 2. The molecule has 0 radical (unpaired) electrons. The van der Waals surface area contributed by atoms with Gasteiger partial charge < -0.3 is 15.7 Å². The van der Waals surface area contributed by atoms with Gasteiger partial charge in [0.2, 0.25) is 0 Å². The van der Waals surface area contributed by atoms with Gasteiger partial charge in [-0.2, -0.15) is 5.10 Å². The molecule has 0 bridgehead atoms. The summed E-state index contributed by atoms with van der Waals surface area (Å²) in [5.74, 6) is 1.73. The predicted octanol–water partition coefficient (Wildman–Crippen LogP) is 4.34. The largest absolute Gasteiger partial charge is 0.391 e. The van der Waals surface area contributed by atoms with Gasteiger partial charge in [0.15, 0.2) is 5.82 Å². The highest BCUT2D eigenvalue weighted by Gasteiger charge is 2.34. The topological polar surface area (TPSA) is 92.1 Å². The number of aliphatic hydroxyl groups is 1. The molecule has 3 aromatic rings. The summed E-state index contributed by atoms with van der Waals surface area (Å²) in [4.78, 5) is 17.3. The van der Waals surface area contributed by atoms with Crippen LogP contribution in [0.4, 0.5) is 10.5 Å². The average Bonchev–Trinajstić information content (AvgIpc) is 3.22. The maximum absolute atomic E-state index is 12.5. The molecule has 7 heteroatoms. The number of nitrogens with zero attached hydrogens (tertiary/aromatic N) is 3. The van der Waals surface area contributed by atoms with Gasteiger partial charge in [-0.3, -0.25) is 0 Å². The van der Waals surface area contributed by atoms with Crippen LogP contribution in [0, 0.1) is 0 Å². The molecule has 3 N–H and O–H groups in total. The summed E-state index contributed by atoms with van der Waals surface area (Å²) in [5, 5.41) is 21.1. The fourth-order valence-corrected chi connectivity index (χ4v) is 4.10. The van der Waals surface area contributed by atoms with Gasteiger partial charge in [-0.25, -0.2) is 14.5 Å². The Morgan fingerprint density at radius 1 is 1.06 bits per heavy atom. The van der Waals surface area contributed by atoms with Crippen molar-refractivity contribution in [2.75, 3.05) is 5.32 Å². The van der Waals surface area contributed by atoms with Gasteiger partial charge in [-0.05, 0) is 45.2 Å². The van der Waals surface area contributed by atoms with E-state index in [1.54, 1.807) is 0 Å². The molecule has 31 heavy (non-hydrogen) atoms. The molecule has 1 heterocycles. The smallest absolute Gasteiger partial charge is 0.319 e. The van der Waals surface area contributed by atoms with E-state index < -0.39 is 6.10 Å². The summed E-state index contributed by atoms with van der Waals surface area (Å²) in [7, 11) is 0. The molecule has 1 fully saturated rings. The number of hydrogen-bond donors (Lipinski definition) is 3. The average molecular weight is 420 g/mol. The molecule has 0 aliphatic heterocycles. The molecule has 1 aromatic heterocycles. The van der Waals surface area contributed by atoms with E-state index in [0.717, 1.165) is 17.8 Å². The molecule has 1 aliphatic carbocycles. The third-order valence-corrected chi connectivity index (χ3v) is 5.71. The number of aliphatic hydroxyl groups excluding tert-OH is 1. The Labute approximate surface area is 182 Å². The second-order valence-electron chi connectivity index (χ2n) is 8.35. The van der Waals surface area contributed by atoms with Crippen LogP contribution in [0.2, 0.25) is 0 Å². The summed E-state index contributed by atoms with van der Waals surface area (Å²) < 4.78 is 1.98. The zero-order chi connectivity index (χ0) is 21.8. The summed E-state index contributed by atoms with van der Waals surface area (Å²) in [5.41, 5.74) is 1.70. The van der Waals surface area contributed by atoms with Crippen LogP contribution in [-0.2, 0) is 0 Å². The number of carbonyl (C=O) groups is 1. The molecular weight excluding hydrogens is 390 g/mol. The first kappa shape index (κ1) is 21.1. The lowest BCUT2D eigenvalue weighted by Crippen LogP contribution is -2.48. The third kappa shape index (κ3) is 4.94. The fraction of sp³-hybridized carbons (Fsp3) is 0.375. The number of anilines is 1. The van der Waals surface area contributed by atoms with Crippen LogP contribution in [0.15, 0.2) is 60.7 Å². The van der Waals surface area contributed by atoms with Crippen molar-refractivity contribution >= 4 is 11.7 Å². The Morgan fingerprint density at radius 3 is 2.42 bits per heavy atom. The van der Waals surface area contributed by atoms with Crippen molar-refractivity contribution in [2.45, 2.75) is 57.2 Å². The maximum atomic E-state index is 12.5. The monoisotopic (exact) mass is 419 g/mol. The Hall–Kier alpha value is -3.19. The number of hydrogen-bond acceptors (Lipinski definition) is 4. The Balaban J connectivity index is 1.51. The second-order valence-corrected chi connectivity index (χ2v) is 8.35. The van der Waals surface area contributed by atoms with Crippen LogP contribution >= 0.6 is 0 Å². The van der Waals surface area contributed by atoms with Gasteiger partial charge in [-0.1, -0.05) is 48.5 Å². The number of carbonyl (C=O) groups excluding carboxylic acids is 1. The lowest BCUT2D eigenvalue weighted by molar-refractivity contribution is 0.0859. The van der Waals surface area contributed by atoms with E-state index in [0.29, 0.717) is 24.4 Å². The highest BCUT2D eigenvalue weighted by molar-refractivity contribution is 5.89. The minimum atomic E-state index is -0.582. The van der Waals surface area contributed by atoms with Crippen molar-refractivity contribution in [3.8, 4) is 11.4 Å². The van der Waals surface area contributed by atoms with Crippen LogP contribution in [0.25, 0.3) is 11.4 Å². The normalized spacial score (nSPS) is 21.1. The standard InChI is InChI=1S/C24H29N5O2/c1-16(2)29-23(27-22(28-29)17-9-5-3-6-10-17)18-13-14-21(30)20(15-18)26-24(31)25-19-11-7-4-8-12-19/h3-12,16,18,20-21,30H,13-15H2,1-2H3,(H2,25,26,31)/t18-,20+,21+/m0/s1. The van der Waals surface area contributed by atoms with Crippen molar-refractivity contribution < 1.29 is 9.90 Å². The summed E-state index contributed by atoms with van der Waals surface area (Å²) in [6.07, 6.45) is 1.44. The zero-order valence-corrected chi connectivity index (χ0v) is 17.9. The van der Waals surface area contributed by atoms with Crippen LogP contribution in [0.3, 0.4) is 0 Å². The van der Waals surface area contributed by atoms with Gasteiger partial charge in [0, 0.05) is 23.2 Å². The Kier molecular flexibility index (Phi) is 6.32. The van der Waals surface area contributed by atoms with Crippen LogP contribution < -0.4 is 10.6 Å². The van der Waals surface area contributed by atoms with Crippen molar-refractivity contribution in [3.63, 3.8) is 0 Å². The first-order valence-corrected chi connectivity index (χ1v) is 10.8. The first-order valence-electron chi connectivity index (χ1n) is 10.8. The molecule has 162 valence electrons. The van der Waals surface area contributed by atoms with E-state index in [4.69, 9.17) is 10.1 Å². The molecule has 0 unspecified atom stereocenters. The van der Waals surface area contributed by atoms with Crippen LogP contribution in [0.5, 0.6) is 0 Å². The predicted molar refractivity (Wildman–Crippen MR) is 121 cm³/mol. The van der Waals surface area contributed by atoms with E-state index in [-0.39, 0.29) is 24.0 Å². The molecule has 2 amide bonds. The van der Waals surface area contributed by atoms with Gasteiger partial charge in [0.1, 0.15) is 5.82 Å². The van der Waals surface area contributed by atoms with Crippen LogP contribution in [0.1, 0.15) is 50.9 Å². The first-order chi connectivity index (χ1) is 15.0. The van der Waals surface area contributed by atoms with Gasteiger partial charge in [-0.15, -0.1) is 0 Å². The molecule has 0 saturated heterocycles. The highest BCUT2D eigenvalue weighted by Crippen LogP contribution is 2.34. The van der Waals surface area contributed by atoms with E-state index in [1.165, 1.54) is 0 Å². The van der Waals surface area contributed by atoms with E-state index >= 15 is 0 Å². The zero-order valence-electron chi connectivity index (χ0n) is 17.9. The number of para-hydroxylation sites is 1. The van der Waals surface area contributed by atoms with E-state index in [1.807, 2.05) is 65.3 Å². The third-order valence-electron chi connectivity index (χ3n) is 5.71. The lowest BCUT2D eigenvalue weighted by Gasteiger charge is -2.33. The summed E-state index contributed by atoms with van der Waals surface area (Å²) >= 11 is 0. The summed E-state index contributed by atoms with van der Waals surface area (Å²) in [6, 6.07) is 18.7. The second kappa shape index (κ2) is 9.31. The number of nitrogens with one attached hydrogen (secondary N) is 2. The number of aromatic nitrogens is 3. The quantitative estimate of drug-likeness (QED) is 0.573. The Morgan fingerprint density at radius 2 is 1.74 bits per heavy atom. The molecule has 0 spiro atoms. The summed E-state index contributed by atoms with van der Waals surface area (Å²) in [6.45, 7) is 4.18. The lowest BCUT2D eigenvalue weighted by atomic mass is 9.83. The van der Waals surface area contributed by atoms with Crippen molar-refractivity contribution in [1.82, 2.24) is 20.1 Å². The van der Waals surface area contributed by atoms with E-state index in [9.17, 15) is 9.90 Å². The number of rotatable bonds is 5. The van der Waals surface area contributed by atoms with Crippen molar-refractivity contribution in [2.24, 2.45) is 0 Å². The van der Waals surface area contributed by atoms with Gasteiger partial charge >= 0.3 is 6.03 Å². The molecular formula is C24H29N5O2. The number of urea groups is 1. The van der Waals surface area contributed by atoms with Crippen molar-refractivity contribution in [3.05, 3.63) is 66.5 Å². The molecule has 1 saturated carbocycles. The Bertz CT molecular complexity index is 1000. The van der Waals surface area contributed by atoms with Gasteiger partial charge in [0.05, 0.1) is 12.1 Å². The molecule has 2 aromatic carbocycles. The van der Waals surface area contributed by atoms with Gasteiger partial charge in [0.25, 0.3) is 0 Å².